The molecule has 1 N–H and O–H groups in total. The van der Waals surface area contributed by atoms with Crippen LogP contribution in [0.5, 0.6) is 0 Å². The van der Waals surface area contributed by atoms with Gasteiger partial charge in [0.2, 0.25) is 5.09 Å². The molecule has 0 amide bonds. The second kappa shape index (κ2) is 6.84. The van der Waals surface area contributed by atoms with Crippen LogP contribution in [0.15, 0.2) is 46.0 Å². The van der Waals surface area contributed by atoms with Crippen LogP contribution in [0.3, 0.4) is 0 Å². The molecule has 2 aromatic rings. The second-order valence-corrected chi connectivity index (χ2v) is 6.37. The van der Waals surface area contributed by atoms with Gasteiger partial charge in [-0.05, 0) is 31.3 Å². The standard InChI is InChI=1S/C14H19N3O3S/c1-3-17(11-12-6-4-5-9-16-12)21(18,19)14-8-7-13(20-14)10-15-2/h4-9,15H,3,10-11H2,1-2H3. The molecule has 0 aliphatic rings. The van der Waals surface area contributed by atoms with E-state index in [4.69, 9.17) is 4.42 Å². The van der Waals surface area contributed by atoms with Crippen molar-refractivity contribution in [2.24, 2.45) is 0 Å². The smallest absolute Gasteiger partial charge is 0.276 e. The summed E-state index contributed by atoms with van der Waals surface area (Å²) in [5, 5.41) is 2.88. The monoisotopic (exact) mass is 309 g/mol. The van der Waals surface area contributed by atoms with Crippen LogP contribution in [-0.4, -0.2) is 31.3 Å². The third-order valence-corrected chi connectivity index (χ3v) is 4.79. The minimum Gasteiger partial charge on any atom is -0.447 e. The quantitative estimate of drug-likeness (QED) is 0.841. The molecule has 0 atom stereocenters. The van der Waals surface area contributed by atoms with Crippen molar-refractivity contribution in [3.8, 4) is 0 Å². The highest BCUT2D eigenvalue weighted by Crippen LogP contribution is 2.20. The zero-order valence-electron chi connectivity index (χ0n) is 12.1. The van der Waals surface area contributed by atoms with Crippen molar-refractivity contribution < 1.29 is 12.8 Å². The van der Waals surface area contributed by atoms with Gasteiger partial charge in [-0.1, -0.05) is 13.0 Å². The van der Waals surface area contributed by atoms with Crippen LogP contribution >= 0.6 is 0 Å². The molecule has 2 heterocycles. The summed E-state index contributed by atoms with van der Waals surface area (Å²) in [7, 11) is -1.87. The van der Waals surface area contributed by atoms with Crippen molar-refractivity contribution >= 4 is 10.0 Å². The fraction of sp³-hybridized carbons (Fsp3) is 0.357. The maximum Gasteiger partial charge on any atom is 0.276 e. The zero-order valence-corrected chi connectivity index (χ0v) is 12.9. The molecule has 0 saturated carbocycles. The Bertz CT molecular complexity index is 668. The van der Waals surface area contributed by atoms with Gasteiger partial charge < -0.3 is 9.73 Å². The van der Waals surface area contributed by atoms with E-state index in [-0.39, 0.29) is 11.6 Å². The van der Waals surface area contributed by atoms with Gasteiger partial charge in [0, 0.05) is 12.7 Å². The summed E-state index contributed by atoms with van der Waals surface area (Å²) in [6, 6.07) is 8.58. The number of nitrogens with one attached hydrogen (secondary N) is 1. The number of sulfonamides is 1. The Hall–Kier alpha value is -1.70. The molecule has 6 nitrogen and oxygen atoms in total. The maximum atomic E-state index is 12.6. The lowest BCUT2D eigenvalue weighted by atomic mass is 10.3. The van der Waals surface area contributed by atoms with Crippen LogP contribution in [0.25, 0.3) is 0 Å². The lowest BCUT2D eigenvalue weighted by molar-refractivity contribution is 0.366. The lowest BCUT2D eigenvalue weighted by Crippen LogP contribution is -2.30. The van der Waals surface area contributed by atoms with Gasteiger partial charge in [-0.25, -0.2) is 8.42 Å². The molecule has 0 bridgehead atoms. The molecule has 0 aromatic carbocycles. The Labute approximate surface area is 124 Å². The Morgan fingerprint density at radius 1 is 1.29 bits per heavy atom. The van der Waals surface area contributed by atoms with Gasteiger partial charge in [-0.2, -0.15) is 4.31 Å². The fourth-order valence-corrected chi connectivity index (χ4v) is 3.28. The van der Waals surface area contributed by atoms with Crippen LogP contribution in [0.2, 0.25) is 0 Å². The largest absolute Gasteiger partial charge is 0.447 e. The summed E-state index contributed by atoms with van der Waals surface area (Å²) < 4.78 is 31.9. The summed E-state index contributed by atoms with van der Waals surface area (Å²) in [6.45, 7) is 2.85. The van der Waals surface area contributed by atoms with Gasteiger partial charge in [0.15, 0.2) is 0 Å². The van der Waals surface area contributed by atoms with E-state index in [0.717, 1.165) is 0 Å². The van der Waals surface area contributed by atoms with Gasteiger partial charge in [-0.3, -0.25) is 4.98 Å². The normalized spacial score (nSPS) is 12.0. The first kappa shape index (κ1) is 15.7. The first-order valence-electron chi connectivity index (χ1n) is 6.71. The maximum absolute atomic E-state index is 12.6. The SMILES string of the molecule is CCN(Cc1ccccn1)S(=O)(=O)c1ccc(CNC)o1. The molecule has 0 radical (unpaired) electrons. The van der Waals surface area contributed by atoms with Crippen LogP contribution in [0.4, 0.5) is 0 Å². The number of pyridine rings is 1. The van der Waals surface area contributed by atoms with E-state index in [2.05, 4.69) is 10.3 Å². The molecule has 2 rings (SSSR count). The van der Waals surface area contributed by atoms with Crippen LogP contribution in [-0.2, 0) is 23.1 Å². The summed E-state index contributed by atoms with van der Waals surface area (Å²) in [6.07, 6.45) is 1.65. The molecule has 21 heavy (non-hydrogen) atoms. The van der Waals surface area contributed by atoms with Crippen molar-refractivity contribution in [3.05, 3.63) is 48.0 Å². The third kappa shape index (κ3) is 3.69. The highest BCUT2D eigenvalue weighted by molar-refractivity contribution is 7.89. The van der Waals surface area contributed by atoms with E-state index in [0.29, 0.717) is 24.5 Å². The Kier molecular flexibility index (Phi) is 5.11. The minimum absolute atomic E-state index is 0.0365. The van der Waals surface area contributed by atoms with E-state index < -0.39 is 10.0 Å². The second-order valence-electron chi connectivity index (χ2n) is 4.50. The topological polar surface area (TPSA) is 75.4 Å². The summed E-state index contributed by atoms with van der Waals surface area (Å²) in [5.41, 5.74) is 0.699. The summed E-state index contributed by atoms with van der Waals surface area (Å²) in [5.74, 6) is 0.588. The van der Waals surface area contributed by atoms with Crippen molar-refractivity contribution in [2.75, 3.05) is 13.6 Å². The van der Waals surface area contributed by atoms with Crippen molar-refractivity contribution in [1.82, 2.24) is 14.6 Å². The van der Waals surface area contributed by atoms with Crippen LogP contribution < -0.4 is 5.32 Å². The molecule has 0 aliphatic heterocycles. The molecule has 2 aromatic heterocycles. The molecule has 114 valence electrons. The average Bonchev–Trinajstić information content (AvgIpc) is 2.95. The Morgan fingerprint density at radius 2 is 2.10 bits per heavy atom. The molecular formula is C14H19N3O3S. The minimum atomic E-state index is -3.65. The van der Waals surface area contributed by atoms with Gasteiger partial charge >= 0.3 is 0 Å². The van der Waals surface area contributed by atoms with Crippen LogP contribution in [0.1, 0.15) is 18.4 Å². The Morgan fingerprint density at radius 3 is 2.71 bits per heavy atom. The van der Waals surface area contributed by atoms with Gasteiger partial charge in [0.25, 0.3) is 10.0 Å². The predicted molar refractivity (Wildman–Crippen MR) is 79.0 cm³/mol. The molecule has 0 saturated heterocycles. The molecule has 0 aliphatic carbocycles. The van der Waals surface area contributed by atoms with Crippen molar-refractivity contribution in [2.45, 2.75) is 25.1 Å². The number of nitrogens with zero attached hydrogens (tertiary/aromatic N) is 2. The molecule has 0 spiro atoms. The van der Waals surface area contributed by atoms with Gasteiger partial charge in [-0.15, -0.1) is 0 Å². The zero-order chi connectivity index (χ0) is 15.3. The van der Waals surface area contributed by atoms with E-state index in [1.165, 1.54) is 10.4 Å². The fourth-order valence-electron chi connectivity index (χ4n) is 1.93. The highest BCUT2D eigenvalue weighted by Gasteiger charge is 2.26. The number of hydrogen-bond acceptors (Lipinski definition) is 5. The van der Waals surface area contributed by atoms with E-state index in [1.807, 2.05) is 6.07 Å². The molecule has 0 fully saturated rings. The van der Waals surface area contributed by atoms with E-state index in [9.17, 15) is 8.42 Å². The molecular weight excluding hydrogens is 290 g/mol. The van der Waals surface area contributed by atoms with Gasteiger partial charge in [0.05, 0.1) is 18.8 Å². The first-order chi connectivity index (χ1) is 10.1. The van der Waals surface area contributed by atoms with Crippen LogP contribution in [0, 0.1) is 0 Å². The first-order valence-corrected chi connectivity index (χ1v) is 8.15. The van der Waals surface area contributed by atoms with E-state index in [1.54, 1.807) is 38.4 Å². The highest BCUT2D eigenvalue weighted by atomic mass is 32.2. The Balaban J connectivity index is 2.22. The number of hydrogen-bond donors (Lipinski definition) is 1. The van der Waals surface area contributed by atoms with Crippen molar-refractivity contribution in [3.63, 3.8) is 0 Å². The molecule has 0 unspecified atom stereocenters. The van der Waals surface area contributed by atoms with Gasteiger partial charge in [0.1, 0.15) is 5.76 Å². The number of aromatic nitrogens is 1. The predicted octanol–water partition coefficient (Wildman–Crippen LogP) is 1.60. The number of furan rings is 1. The summed E-state index contributed by atoms with van der Waals surface area (Å²) in [4.78, 5) is 4.16. The van der Waals surface area contributed by atoms with E-state index >= 15 is 0 Å². The van der Waals surface area contributed by atoms with Crippen molar-refractivity contribution in [1.29, 1.82) is 0 Å². The third-order valence-electron chi connectivity index (χ3n) is 3.00. The average molecular weight is 309 g/mol. The number of rotatable bonds is 7. The lowest BCUT2D eigenvalue weighted by Gasteiger charge is -2.18. The summed E-state index contributed by atoms with van der Waals surface area (Å²) >= 11 is 0. The molecule has 7 heteroatoms.